The van der Waals surface area contributed by atoms with E-state index >= 15 is 0 Å². The summed E-state index contributed by atoms with van der Waals surface area (Å²) in [7, 11) is -7.13. The van der Waals surface area contributed by atoms with Crippen LogP contribution in [-0.4, -0.2) is 45.2 Å². The minimum atomic E-state index is -3.94. The topological polar surface area (TPSA) is 71.5 Å². The Kier molecular flexibility index (Phi) is 4.90. The van der Waals surface area contributed by atoms with E-state index in [4.69, 9.17) is 23.2 Å². The quantitative estimate of drug-likeness (QED) is 0.812. The fraction of sp³-hybridized carbons (Fsp3) is 0.500. The van der Waals surface area contributed by atoms with Crippen LogP contribution in [0.1, 0.15) is 13.3 Å². The highest BCUT2D eigenvalue weighted by atomic mass is 35.5. The summed E-state index contributed by atoms with van der Waals surface area (Å²) in [6.07, 6.45) is 0.289. The second-order valence-electron chi connectivity index (χ2n) is 4.82. The smallest absolute Gasteiger partial charge is 0.229 e. The highest BCUT2D eigenvalue weighted by Crippen LogP contribution is 2.33. The van der Waals surface area contributed by atoms with E-state index in [0.717, 1.165) is 0 Å². The SMILES string of the molecule is CCN([C@H]1CCS(=O)(=O)C1)S(=O)(=O)c1c(Cl)cccc1Cl. The number of nitrogens with zero attached hydrogens (tertiary/aromatic N) is 1. The third kappa shape index (κ3) is 3.37. The maximum atomic E-state index is 12.8. The zero-order chi connectivity index (χ0) is 15.8. The zero-order valence-corrected chi connectivity index (χ0v) is 14.4. The second kappa shape index (κ2) is 6.04. The molecule has 9 heteroatoms. The molecule has 0 amide bonds. The number of hydrogen-bond acceptors (Lipinski definition) is 4. The van der Waals surface area contributed by atoms with Gasteiger partial charge in [-0.05, 0) is 18.6 Å². The molecule has 1 fully saturated rings. The summed E-state index contributed by atoms with van der Waals surface area (Å²) >= 11 is 11.9. The van der Waals surface area contributed by atoms with Crippen molar-refractivity contribution in [1.82, 2.24) is 4.31 Å². The van der Waals surface area contributed by atoms with Gasteiger partial charge >= 0.3 is 0 Å². The first-order valence-electron chi connectivity index (χ1n) is 6.35. The lowest BCUT2D eigenvalue weighted by atomic mass is 10.3. The fourth-order valence-corrected chi connectivity index (χ4v) is 7.06. The van der Waals surface area contributed by atoms with E-state index in [1.165, 1.54) is 16.4 Å². The normalized spacial score (nSPS) is 21.8. The molecule has 1 saturated heterocycles. The lowest BCUT2D eigenvalue weighted by Crippen LogP contribution is -2.41. The number of rotatable bonds is 4. The van der Waals surface area contributed by atoms with Crippen molar-refractivity contribution < 1.29 is 16.8 Å². The van der Waals surface area contributed by atoms with Crippen molar-refractivity contribution in [2.45, 2.75) is 24.3 Å². The van der Waals surface area contributed by atoms with Crippen molar-refractivity contribution >= 4 is 43.1 Å². The summed E-state index contributed by atoms with van der Waals surface area (Å²) < 4.78 is 49.9. The molecule has 0 bridgehead atoms. The lowest BCUT2D eigenvalue weighted by Gasteiger charge is -2.26. The Labute approximate surface area is 134 Å². The van der Waals surface area contributed by atoms with Crippen LogP contribution >= 0.6 is 23.2 Å². The Morgan fingerprint density at radius 1 is 1.29 bits per heavy atom. The number of hydrogen-bond donors (Lipinski definition) is 0. The minimum Gasteiger partial charge on any atom is -0.229 e. The van der Waals surface area contributed by atoms with E-state index in [-0.39, 0.29) is 39.4 Å². The van der Waals surface area contributed by atoms with Crippen LogP contribution in [0.2, 0.25) is 10.0 Å². The number of sulfone groups is 1. The van der Waals surface area contributed by atoms with Crippen molar-refractivity contribution in [2.75, 3.05) is 18.1 Å². The van der Waals surface area contributed by atoms with Gasteiger partial charge in [0, 0.05) is 12.6 Å². The van der Waals surface area contributed by atoms with Crippen LogP contribution in [0.3, 0.4) is 0 Å². The van der Waals surface area contributed by atoms with Crippen molar-refractivity contribution in [3.8, 4) is 0 Å². The Hall–Kier alpha value is -0.340. The monoisotopic (exact) mass is 371 g/mol. The Balaban J connectivity index is 2.46. The molecular weight excluding hydrogens is 357 g/mol. The van der Waals surface area contributed by atoms with E-state index in [9.17, 15) is 16.8 Å². The molecule has 0 saturated carbocycles. The zero-order valence-electron chi connectivity index (χ0n) is 11.3. The summed E-state index contributed by atoms with van der Waals surface area (Å²) in [6, 6.07) is 3.87. The van der Waals surface area contributed by atoms with Crippen LogP contribution in [0, 0.1) is 0 Å². The van der Waals surface area contributed by atoms with Gasteiger partial charge in [-0.25, -0.2) is 16.8 Å². The fourth-order valence-electron chi connectivity index (χ4n) is 2.47. The Morgan fingerprint density at radius 3 is 2.29 bits per heavy atom. The molecule has 1 heterocycles. The second-order valence-corrected chi connectivity index (χ2v) is 9.69. The van der Waals surface area contributed by atoms with E-state index in [1.807, 2.05) is 0 Å². The van der Waals surface area contributed by atoms with Gasteiger partial charge in [0.1, 0.15) is 4.90 Å². The third-order valence-electron chi connectivity index (χ3n) is 3.41. The van der Waals surface area contributed by atoms with Gasteiger partial charge in [0.05, 0.1) is 21.6 Å². The van der Waals surface area contributed by atoms with Crippen LogP contribution in [0.4, 0.5) is 0 Å². The minimum absolute atomic E-state index is 0.0000589. The molecule has 0 radical (unpaired) electrons. The molecule has 0 aromatic heterocycles. The Bertz CT molecular complexity index is 726. The van der Waals surface area contributed by atoms with Gasteiger partial charge in [0.15, 0.2) is 9.84 Å². The van der Waals surface area contributed by atoms with Crippen molar-refractivity contribution in [3.05, 3.63) is 28.2 Å². The lowest BCUT2D eigenvalue weighted by molar-refractivity contribution is 0.354. The molecule has 1 atom stereocenters. The third-order valence-corrected chi connectivity index (χ3v) is 8.15. The molecule has 118 valence electrons. The van der Waals surface area contributed by atoms with Crippen LogP contribution < -0.4 is 0 Å². The van der Waals surface area contributed by atoms with Crippen molar-refractivity contribution in [3.63, 3.8) is 0 Å². The summed E-state index contributed by atoms with van der Waals surface area (Å²) in [4.78, 5) is -0.167. The molecule has 1 aromatic carbocycles. The van der Waals surface area contributed by atoms with Crippen molar-refractivity contribution in [1.29, 1.82) is 0 Å². The van der Waals surface area contributed by atoms with Gasteiger partial charge in [-0.1, -0.05) is 36.2 Å². The molecule has 1 aliphatic rings. The molecule has 0 N–H and O–H groups in total. The molecule has 21 heavy (non-hydrogen) atoms. The number of benzene rings is 1. The van der Waals surface area contributed by atoms with Gasteiger partial charge < -0.3 is 0 Å². The van der Waals surface area contributed by atoms with Crippen LogP contribution in [0.15, 0.2) is 23.1 Å². The van der Waals surface area contributed by atoms with Gasteiger partial charge in [0.2, 0.25) is 10.0 Å². The molecule has 2 rings (SSSR count). The molecule has 0 spiro atoms. The highest BCUT2D eigenvalue weighted by molar-refractivity contribution is 7.92. The summed E-state index contributed by atoms with van der Waals surface area (Å²) in [5, 5.41) is 0.0589. The molecule has 0 aliphatic carbocycles. The van der Waals surface area contributed by atoms with Gasteiger partial charge in [-0.2, -0.15) is 4.31 Å². The standard InChI is InChI=1S/C12H15Cl2NO4S2/c1-2-15(9-6-7-20(16,17)8-9)21(18,19)12-10(13)4-3-5-11(12)14/h3-5,9H,2,6-8H2,1H3/t9-/m0/s1. The molecule has 5 nitrogen and oxygen atoms in total. The largest absolute Gasteiger partial charge is 0.246 e. The summed E-state index contributed by atoms with van der Waals surface area (Å²) in [5.41, 5.74) is 0. The molecular formula is C12H15Cl2NO4S2. The highest BCUT2D eigenvalue weighted by Gasteiger charge is 2.39. The van der Waals surface area contributed by atoms with Gasteiger partial charge in [0.25, 0.3) is 0 Å². The van der Waals surface area contributed by atoms with E-state index in [0.29, 0.717) is 0 Å². The summed E-state index contributed by atoms with van der Waals surface area (Å²) in [5.74, 6) is -0.165. The molecule has 1 aliphatic heterocycles. The van der Waals surface area contributed by atoms with Gasteiger partial charge in [-0.3, -0.25) is 0 Å². The predicted molar refractivity (Wildman–Crippen MR) is 83.1 cm³/mol. The average molecular weight is 372 g/mol. The number of halogens is 2. The van der Waals surface area contributed by atoms with Gasteiger partial charge in [-0.15, -0.1) is 0 Å². The maximum absolute atomic E-state index is 12.8. The van der Waals surface area contributed by atoms with Crippen LogP contribution in [-0.2, 0) is 19.9 Å². The van der Waals surface area contributed by atoms with E-state index in [2.05, 4.69) is 0 Å². The first-order valence-corrected chi connectivity index (χ1v) is 10.4. The average Bonchev–Trinajstić information content (AvgIpc) is 2.69. The van der Waals surface area contributed by atoms with E-state index in [1.54, 1.807) is 13.0 Å². The first-order chi connectivity index (χ1) is 9.69. The summed E-state index contributed by atoms with van der Waals surface area (Å²) in [6.45, 7) is 1.82. The maximum Gasteiger partial charge on any atom is 0.246 e. The molecule has 1 aromatic rings. The Morgan fingerprint density at radius 2 is 1.86 bits per heavy atom. The predicted octanol–water partition coefficient (Wildman–Crippen LogP) is 2.19. The van der Waals surface area contributed by atoms with Crippen molar-refractivity contribution in [2.24, 2.45) is 0 Å². The number of sulfonamides is 1. The van der Waals surface area contributed by atoms with Crippen LogP contribution in [0.5, 0.6) is 0 Å². The van der Waals surface area contributed by atoms with E-state index < -0.39 is 25.9 Å². The van der Waals surface area contributed by atoms with Crippen LogP contribution in [0.25, 0.3) is 0 Å². The first kappa shape index (κ1) is 17.0. The molecule has 0 unspecified atom stereocenters.